The molecule has 0 aliphatic carbocycles. The number of carbonyl (C=O) groups is 1. The maximum atomic E-state index is 12.9. The molecule has 1 aromatic heterocycles. The van der Waals surface area contributed by atoms with Gasteiger partial charge in [-0.25, -0.2) is 4.98 Å². The molecule has 0 radical (unpaired) electrons. The lowest BCUT2D eigenvalue weighted by atomic mass is 10.1. The number of nitrogens with zero attached hydrogens (tertiary/aromatic N) is 3. The smallest absolute Gasteiger partial charge is 0.247 e. The van der Waals surface area contributed by atoms with Gasteiger partial charge in [0.05, 0.1) is 6.04 Å². The van der Waals surface area contributed by atoms with Gasteiger partial charge in [0.15, 0.2) is 0 Å². The zero-order chi connectivity index (χ0) is 15.1. The summed E-state index contributed by atoms with van der Waals surface area (Å²) in [5, 5.41) is 0.689. The molecule has 0 N–H and O–H groups in total. The molecule has 4 nitrogen and oxygen atoms in total. The molecule has 0 saturated carbocycles. The van der Waals surface area contributed by atoms with Crippen LogP contribution >= 0.6 is 11.6 Å². The molecule has 2 fully saturated rings. The van der Waals surface area contributed by atoms with Crippen LogP contribution in [-0.2, 0) is 4.79 Å². The second kappa shape index (κ2) is 5.38. The Morgan fingerprint density at radius 2 is 1.95 bits per heavy atom. The Labute approximate surface area is 134 Å². The zero-order valence-electron chi connectivity index (χ0n) is 12.0. The molecule has 2 saturated heterocycles. The highest BCUT2D eigenvalue weighted by Crippen LogP contribution is 2.43. The summed E-state index contributed by atoms with van der Waals surface area (Å²) in [7, 11) is 0. The average molecular weight is 314 g/mol. The first-order chi connectivity index (χ1) is 10.8. The molecule has 1 aromatic carbocycles. The summed E-state index contributed by atoms with van der Waals surface area (Å²) in [6, 6.07) is 13.3. The van der Waals surface area contributed by atoms with E-state index in [0.29, 0.717) is 10.8 Å². The highest BCUT2D eigenvalue weighted by molar-refractivity contribution is 6.31. The van der Waals surface area contributed by atoms with Crippen molar-refractivity contribution in [3.8, 4) is 0 Å². The summed E-state index contributed by atoms with van der Waals surface area (Å²) in [4.78, 5) is 21.3. The van der Waals surface area contributed by atoms with E-state index in [1.165, 1.54) is 0 Å². The predicted molar refractivity (Wildman–Crippen MR) is 85.6 cm³/mol. The first kappa shape index (κ1) is 13.7. The van der Waals surface area contributed by atoms with Gasteiger partial charge >= 0.3 is 0 Å². The number of anilines is 1. The number of amides is 1. The van der Waals surface area contributed by atoms with E-state index < -0.39 is 0 Å². The monoisotopic (exact) mass is 313 g/mol. The van der Waals surface area contributed by atoms with Crippen LogP contribution in [0.3, 0.4) is 0 Å². The van der Waals surface area contributed by atoms with E-state index >= 15 is 0 Å². The Morgan fingerprint density at radius 1 is 1.14 bits per heavy atom. The van der Waals surface area contributed by atoms with Crippen LogP contribution in [-0.4, -0.2) is 28.4 Å². The minimum absolute atomic E-state index is 0.0525. The van der Waals surface area contributed by atoms with Gasteiger partial charge in [-0.2, -0.15) is 0 Å². The third-order valence-electron chi connectivity index (χ3n) is 4.45. The Morgan fingerprint density at radius 3 is 2.73 bits per heavy atom. The summed E-state index contributed by atoms with van der Waals surface area (Å²) < 4.78 is 0. The maximum Gasteiger partial charge on any atom is 0.247 e. The third-order valence-corrected chi connectivity index (χ3v) is 4.80. The van der Waals surface area contributed by atoms with E-state index in [-0.39, 0.29) is 18.1 Å². The molecule has 22 heavy (non-hydrogen) atoms. The molecule has 2 unspecified atom stereocenters. The summed E-state index contributed by atoms with van der Waals surface area (Å²) in [5.41, 5.74) is 0.965. The first-order valence-electron chi connectivity index (χ1n) is 7.51. The average Bonchev–Trinajstić information content (AvgIpc) is 3.11. The standard InChI is InChI=1S/C17H16ClN3O/c18-13-7-2-1-6-12(13)16-20-11-5-8-14(20)17(22)21(16)15-9-3-4-10-19-15/h1-4,6-7,9-10,14,16H,5,8,11H2. The number of fused-ring (bicyclic) bond motifs is 1. The number of aromatic nitrogens is 1. The summed E-state index contributed by atoms with van der Waals surface area (Å²) in [5.74, 6) is 0.813. The van der Waals surface area contributed by atoms with Crippen molar-refractivity contribution in [3.63, 3.8) is 0 Å². The molecule has 2 aromatic rings. The van der Waals surface area contributed by atoms with Gasteiger partial charge in [0, 0.05) is 23.3 Å². The molecular formula is C17H16ClN3O. The molecule has 3 heterocycles. The Hall–Kier alpha value is -1.91. The highest BCUT2D eigenvalue weighted by atomic mass is 35.5. The molecular weight excluding hydrogens is 298 g/mol. The fourth-order valence-corrected chi connectivity index (χ4v) is 3.75. The van der Waals surface area contributed by atoms with Crippen molar-refractivity contribution in [2.75, 3.05) is 11.4 Å². The van der Waals surface area contributed by atoms with Crippen molar-refractivity contribution in [2.45, 2.75) is 25.0 Å². The summed E-state index contributed by atoms with van der Waals surface area (Å²) >= 11 is 6.41. The van der Waals surface area contributed by atoms with Crippen molar-refractivity contribution in [2.24, 2.45) is 0 Å². The molecule has 0 bridgehead atoms. The Bertz CT molecular complexity index is 706. The topological polar surface area (TPSA) is 36.4 Å². The molecule has 2 atom stereocenters. The Balaban J connectivity index is 1.84. The van der Waals surface area contributed by atoms with E-state index in [2.05, 4.69) is 9.88 Å². The number of hydrogen-bond acceptors (Lipinski definition) is 3. The minimum atomic E-state index is -0.163. The minimum Gasteiger partial charge on any atom is -0.274 e. The normalized spacial score (nSPS) is 24.8. The molecule has 2 aliphatic rings. The van der Waals surface area contributed by atoms with Crippen LogP contribution in [0.1, 0.15) is 24.6 Å². The number of carbonyl (C=O) groups excluding carboxylic acids is 1. The van der Waals surface area contributed by atoms with Crippen LogP contribution in [0.15, 0.2) is 48.7 Å². The number of hydrogen-bond donors (Lipinski definition) is 0. The second-order valence-corrected chi connectivity index (χ2v) is 6.09. The number of benzene rings is 1. The van der Waals surface area contributed by atoms with Gasteiger partial charge < -0.3 is 0 Å². The maximum absolute atomic E-state index is 12.9. The number of halogens is 1. The lowest BCUT2D eigenvalue weighted by Crippen LogP contribution is -2.33. The fraction of sp³-hybridized carbons (Fsp3) is 0.294. The second-order valence-electron chi connectivity index (χ2n) is 5.69. The molecule has 0 spiro atoms. The largest absolute Gasteiger partial charge is 0.274 e. The van der Waals surface area contributed by atoms with Crippen molar-refractivity contribution in [1.29, 1.82) is 0 Å². The van der Waals surface area contributed by atoms with Gasteiger partial charge in [0.25, 0.3) is 0 Å². The van der Waals surface area contributed by atoms with Crippen molar-refractivity contribution >= 4 is 23.3 Å². The molecule has 2 aliphatic heterocycles. The zero-order valence-corrected chi connectivity index (χ0v) is 12.8. The van der Waals surface area contributed by atoms with Crippen LogP contribution in [0, 0.1) is 0 Å². The van der Waals surface area contributed by atoms with Crippen LogP contribution < -0.4 is 4.90 Å². The molecule has 5 heteroatoms. The first-order valence-corrected chi connectivity index (χ1v) is 7.89. The van der Waals surface area contributed by atoms with Crippen molar-refractivity contribution in [3.05, 3.63) is 59.2 Å². The van der Waals surface area contributed by atoms with E-state index in [4.69, 9.17) is 11.6 Å². The van der Waals surface area contributed by atoms with Crippen LogP contribution in [0.4, 0.5) is 5.82 Å². The third kappa shape index (κ3) is 2.02. The van der Waals surface area contributed by atoms with Gasteiger partial charge in [0.2, 0.25) is 5.91 Å². The number of rotatable bonds is 2. The fourth-order valence-electron chi connectivity index (χ4n) is 3.51. The van der Waals surface area contributed by atoms with Gasteiger partial charge in [-0.3, -0.25) is 14.6 Å². The quantitative estimate of drug-likeness (QED) is 0.854. The van der Waals surface area contributed by atoms with E-state index in [1.54, 1.807) is 11.1 Å². The van der Waals surface area contributed by atoms with Gasteiger partial charge in [-0.1, -0.05) is 35.9 Å². The predicted octanol–water partition coefficient (Wildman–Crippen LogP) is 3.24. The molecule has 4 rings (SSSR count). The van der Waals surface area contributed by atoms with Crippen molar-refractivity contribution in [1.82, 2.24) is 9.88 Å². The SMILES string of the molecule is O=C1C2CCCN2C(c2ccccc2Cl)N1c1ccccn1. The highest BCUT2D eigenvalue weighted by Gasteiger charge is 2.50. The molecule has 1 amide bonds. The van der Waals surface area contributed by atoms with Crippen LogP contribution in [0.2, 0.25) is 5.02 Å². The van der Waals surface area contributed by atoms with Gasteiger partial charge in [-0.15, -0.1) is 0 Å². The lowest BCUT2D eigenvalue weighted by Gasteiger charge is -2.29. The van der Waals surface area contributed by atoms with Gasteiger partial charge in [-0.05, 0) is 31.0 Å². The van der Waals surface area contributed by atoms with E-state index in [9.17, 15) is 4.79 Å². The summed E-state index contributed by atoms with van der Waals surface area (Å²) in [6.07, 6.45) is 3.51. The van der Waals surface area contributed by atoms with Gasteiger partial charge in [0.1, 0.15) is 12.0 Å². The Kier molecular flexibility index (Phi) is 3.36. The van der Waals surface area contributed by atoms with Crippen LogP contribution in [0.5, 0.6) is 0 Å². The molecule has 112 valence electrons. The van der Waals surface area contributed by atoms with Crippen LogP contribution in [0.25, 0.3) is 0 Å². The van der Waals surface area contributed by atoms with E-state index in [1.807, 2.05) is 42.5 Å². The number of pyridine rings is 1. The summed E-state index contributed by atoms with van der Waals surface area (Å²) in [6.45, 7) is 0.912. The van der Waals surface area contributed by atoms with E-state index in [0.717, 1.165) is 24.9 Å². The van der Waals surface area contributed by atoms with Crippen molar-refractivity contribution < 1.29 is 4.79 Å². The lowest BCUT2D eigenvalue weighted by molar-refractivity contribution is -0.119.